The monoisotopic (exact) mass is 470 g/mol. The van der Waals surface area contributed by atoms with Crippen LogP contribution < -0.4 is 5.32 Å². The van der Waals surface area contributed by atoms with Gasteiger partial charge in [0, 0.05) is 47.5 Å². The number of thiophene rings is 1. The molecule has 0 saturated carbocycles. The van der Waals surface area contributed by atoms with E-state index in [1.165, 1.54) is 11.3 Å². The molecule has 1 aliphatic rings. The summed E-state index contributed by atoms with van der Waals surface area (Å²) in [5, 5.41) is 7.69. The molecule has 1 saturated heterocycles. The second-order valence-electron chi connectivity index (χ2n) is 6.61. The van der Waals surface area contributed by atoms with Crippen molar-refractivity contribution in [2.24, 2.45) is 0 Å². The van der Waals surface area contributed by atoms with Crippen LogP contribution in [0.1, 0.15) is 30.8 Å². The van der Waals surface area contributed by atoms with Crippen LogP contribution in [0.15, 0.2) is 21.3 Å². The van der Waals surface area contributed by atoms with Crippen molar-refractivity contribution in [3.05, 3.63) is 27.0 Å². The molecule has 2 aromatic heterocycles. The molecule has 1 atom stereocenters. The van der Waals surface area contributed by atoms with Crippen LogP contribution in [0.2, 0.25) is 0 Å². The minimum atomic E-state index is -0.0307. The van der Waals surface area contributed by atoms with Crippen molar-refractivity contribution in [2.75, 3.05) is 32.7 Å². The van der Waals surface area contributed by atoms with E-state index >= 15 is 0 Å². The number of aromatic nitrogens is 1. The zero-order valence-corrected chi connectivity index (χ0v) is 18.6. The number of hydrogen-bond donors (Lipinski definition) is 1. The van der Waals surface area contributed by atoms with Gasteiger partial charge >= 0.3 is 0 Å². The van der Waals surface area contributed by atoms with Crippen molar-refractivity contribution in [1.29, 1.82) is 0 Å². The topological polar surface area (TPSA) is 65.5 Å². The number of nitrogens with zero attached hydrogens (tertiary/aromatic N) is 3. The third-order valence-electron chi connectivity index (χ3n) is 4.55. The number of amides is 2. The van der Waals surface area contributed by atoms with Gasteiger partial charge in [-0.25, -0.2) is 4.98 Å². The highest BCUT2D eigenvalue weighted by Gasteiger charge is 2.25. The Hall–Kier alpha value is -1.29. The Morgan fingerprint density at radius 1 is 1.26 bits per heavy atom. The number of piperazine rings is 1. The molecule has 2 aromatic rings. The third kappa shape index (κ3) is 5.37. The first-order valence-corrected chi connectivity index (χ1v) is 11.5. The van der Waals surface area contributed by atoms with Gasteiger partial charge in [-0.05, 0) is 35.3 Å². The van der Waals surface area contributed by atoms with Gasteiger partial charge in [-0.15, -0.1) is 22.7 Å². The van der Waals surface area contributed by atoms with Crippen molar-refractivity contribution in [1.82, 2.24) is 20.1 Å². The van der Waals surface area contributed by atoms with Gasteiger partial charge in [0.25, 0.3) is 5.91 Å². The fourth-order valence-corrected chi connectivity index (χ4v) is 5.11. The molecule has 0 radical (unpaired) electrons. The van der Waals surface area contributed by atoms with Crippen LogP contribution in [-0.4, -0.2) is 65.4 Å². The number of thiazole rings is 1. The molecule has 146 valence electrons. The summed E-state index contributed by atoms with van der Waals surface area (Å²) < 4.78 is 1.03. The van der Waals surface area contributed by atoms with Gasteiger partial charge in [-0.1, -0.05) is 6.92 Å². The molecule has 9 heteroatoms. The summed E-state index contributed by atoms with van der Waals surface area (Å²) in [6.07, 6.45) is 0.923. The molecule has 1 N–H and O–H groups in total. The number of carbonyl (C=O) groups is 2. The average Bonchev–Trinajstić information content (AvgIpc) is 3.30. The molecule has 6 nitrogen and oxygen atoms in total. The Kier molecular flexibility index (Phi) is 7.02. The first-order chi connectivity index (χ1) is 13.0. The van der Waals surface area contributed by atoms with E-state index in [4.69, 9.17) is 0 Å². The highest BCUT2D eigenvalue weighted by atomic mass is 79.9. The maximum absolute atomic E-state index is 12.7. The zero-order valence-electron chi connectivity index (χ0n) is 15.4. The molecule has 2 amide bonds. The summed E-state index contributed by atoms with van der Waals surface area (Å²) in [6.45, 7) is 7.09. The number of carbonyl (C=O) groups excluding carboxylic acids is 2. The minimum Gasteiger partial charge on any atom is -0.353 e. The molecule has 3 rings (SSSR count). The number of nitrogens with one attached hydrogen (secondary N) is 1. The predicted octanol–water partition coefficient (Wildman–Crippen LogP) is 3.31. The van der Waals surface area contributed by atoms with E-state index < -0.39 is 0 Å². The second-order valence-corrected chi connectivity index (χ2v) is 9.30. The molecule has 1 aliphatic heterocycles. The lowest BCUT2D eigenvalue weighted by molar-refractivity contribution is -0.123. The fraction of sp³-hybridized carbons (Fsp3) is 0.500. The maximum atomic E-state index is 12.7. The largest absolute Gasteiger partial charge is 0.353 e. The molecule has 1 unspecified atom stereocenters. The number of halogens is 1. The highest BCUT2D eigenvalue weighted by Crippen LogP contribution is 2.32. The third-order valence-corrected chi connectivity index (χ3v) is 7.25. The van der Waals surface area contributed by atoms with Crippen LogP contribution in [0.3, 0.4) is 0 Å². The van der Waals surface area contributed by atoms with Crippen molar-refractivity contribution < 1.29 is 9.59 Å². The van der Waals surface area contributed by atoms with E-state index in [-0.39, 0.29) is 17.9 Å². The summed E-state index contributed by atoms with van der Waals surface area (Å²) in [7, 11) is 0. The highest BCUT2D eigenvalue weighted by molar-refractivity contribution is 9.10. The molecule has 0 spiro atoms. The second kappa shape index (κ2) is 9.27. The first-order valence-electron chi connectivity index (χ1n) is 8.97. The quantitative estimate of drug-likeness (QED) is 0.702. The molecule has 27 heavy (non-hydrogen) atoms. The molecule has 0 aliphatic carbocycles. The van der Waals surface area contributed by atoms with E-state index in [9.17, 15) is 9.59 Å². The van der Waals surface area contributed by atoms with E-state index in [1.54, 1.807) is 11.3 Å². The van der Waals surface area contributed by atoms with Gasteiger partial charge in [0.15, 0.2) is 0 Å². The van der Waals surface area contributed by atoms with Gasteiger partial charge in [0.1, 0.15) is 10.7 Å². The van der Waals surface area contributed by atoms with Crippen LogP contribution >= 0.6 is 38.6 Å². The summed E-state index contributed by atoms with van der Waals surface area (Å²) >= 11 is 6.55. The standard InChI is InChI=1S/C18H23BrN4O2S2/c1-3-12(2)20-16(24)9-22-4-6-23(7-5-22)18(25)14-11-27-17(21-14)15-8-13(19)10-26-15/h8,10-12H,3-7,9H2,1-2H3,(H,20,24). The van der Waals surface area contributed by atoms with Crippen molar-refractivity contribution in [3.8, 4) is 9.88 Å². The summed E-state index contributed by atoms with van der Waals surface area (Å²) in [6, 6.07) is 2.21. The Bertz CT molecular complexity index is 799. The van der Waals surface area contributed by atoms with Gasteiger partial charge in [0.05, 0.1) is 11.4 Å². The SMILES string of the molecule is CCC(C)NC(=O)CN1CCN(C(=O)c2csc(-c3cc(Br)cs3)n2)CC1. The molecule has 3 heterocycles. The molecule has 0 aromatic carbocycles. The van der Waals surface area contributed by atoms with E-state index in [1.807, 2.05) is 28.7 Å². The summed E-state index contributed by atoms with van der Waals surface area (Å²) in [5.41, 5.74) is 0.502. The van der Waals surface area contributed by atoms with Crippen molar-refractivity contribution >= 4 is 50.4 Å². The van der Waals surface area contributed by atoms with Gasteiger partial charge in [-0.2, -0.15) is 0 Å². The summed E-state index contributed by atoms with van der Waals surface area (Å²) in [4.78, 5) is 34.2. The predicted molar refractivity (Wildman–Crippen MR) is 113 cm³/mol. The lowest BCUT2D eigenvalue weighted by Gasteiger charge is -2.34. The Morgan fingerprint density at radius 2 is 2.00 bits per heavy atom. The Morgan fingerprint density at radius 3 is 2.63 bits per heavy atom. The molecule has 0 bridgehead atoms. The van der Waals surface area contributed by atoms with Crippen molar-refractivity contribution in [3.63, 3.8) is 0 Å². The van der Waals surface area contributed by atoms with E-state index in [0.29, 0.717) is 38.4 Å². The molecular weight excluding hydrogens is 448 g/mol. The van der Waals surface area contributed by atoms with E-state index in [2.05, 4.69) is 38.1 Å². The van der Waals surface area contributed by atoms with Crippen LogP contribution in [0.25, 0.3) is 9.88 Å². The van der Waals surface area contributed by atoms with Crippen LogP contribution in [0.4, 0.5) is 0 Å². The molecule has 1 fully saturated rings. The number of hydrogen-bond acceptors (Lipinski definition) is 6. The van der Waals surface area contributed by atoms with Crippen LogP contribution in [-0.2, 0) is 4.79 Å². The van der Waals surface area contributed by atoms with Crippen LogP contribution in [0, 0.1) is 0 Å². The Balaban J connectivity index is 1.51. The van der Waals surface area contributed by atoms with Gasteiger partial charge in [0.2, 0.25) is 5.91 Å². The number of rotatable bonds is 6. The minimum absolute atomic E-state index is 0.0307. The normalized spacial score (nSPS) is 16.3. The van der Waals surface area contributed by atoms with E-state index in [0.717, 1.165) is 20.8 Å². The van der Waals surface area contributed by atoms with Gasteiger partial charge in [-0.3, -0.25) is 14.5 Å². The smallest absolute Gasteiger partial charge is 0.273 e. The Labute approximate surface area is 175 Å². The van der Waals surface area contributed by atoms with Gasteiger partial charge < -0.3 is 10.2 Å². The average molecular weight is 471 g/mol. The lowest BCUT2D eigenvalue weighted by atomic mass is 10.2. The van der Waals surface area contributed by atoms with Crippen LogP contribution in [0.5, 0.6) is 0 Å². The van der Waals surface area contributed by atoms with Crippen molar-refractivity contribution in [2.45, 2.75) is 26.3 Å². The summed E-state index contributed by atoms with van der Waals surface area (Å²) in [5.74, 6) is 0.0206. The zero-order chi connectivity index (χ0) is 19.4. The first kappa shape index (κ1) is 20.4. The molecular formula is C18H23BrN4O2S2. The lowest BCUT2D eigenvalue weighted by Crippen LogP contribution is -2.51. The maximum Gasteiger partial charge on any atom is 0.273 e. The fourth-order valence-electron chi connectivity index (χ4n) is 2.81.